The van der Waals surface area contributed by atoms with Gasteiger partial charge in [0, 0.05) is 17.8 Å². The van der Waals surface area contributed by atoms with Crippen LogP contribution >= 0.6 is 0 Å². The molecule has 19 heavy (non-hydrogen) atoms. The van der Waals surface area contributed by atoms with Crippen molar-refractivity contribution in [2.24, 2.45) is 4.99 Å². The number of ether oxygens (including phenoxy) is 1. The van der Waals surface area contributed by atoms with Crippen LogP contribution in [0.4, 0.5) is 0 Å². The van der Waals surface area contributed by atoms with Gasteiger partial charge in [0.2, 0.25) is 0 Å². The summed E-state index contributed by atoms with van der Waals surface area (Å²) in [5, 5.41) is 0. The lowest BCUT2D eigenvalue weighted by atomic mass is 9.88. The number of aliphatic imine (C=N–C) groups is 1. The van der Waals surface area contributed by atoms with Crippen LogP contribution in [0, 0.1) is 13.8 Å². The highest BCUT2D eigenvalue weighted by molar-refractivity contribution is 6.04. The largest absolute Gasteiger partial charge is 0.492 e. The molecule has 0 fully saturated rings. The Morgan fingerprint density at radius 1 is 1.16 bits per heavy atom. The molecular weight excluding hydrogens is 236 g/mol. The summed E-state index contributed by atoms with van der Waals surface area (Å²) in [7, 11) is 1.70. The molecule has 0 atom stereocenters. The van der Waals surface area contributed by atoms with Crippen LogP contribution in [0.3, 0.4) is 0 Å². The lowest BCUT2D eigenvalue weighted by Crippen LogP contribution is -2.12. The van der Waals surface area contributed by atoms with E-state index in [0.717, 1.165) is 35.0 Å². The number of hydrogen-bond acceptors (Lipinski definition) is 3. The van der Waals surface area contributed by atoms with Crippen molar-refractivity contribution >= 4 is 11.5 Å². The molecule has 2 heterocycles. The number of methoxy groups -OCH3 is 1. The van der Waals surface area contributed by atoms with Crippen molar-refractivity contribution < 1.29 is 4.74 Å². The standard InChI is InChI=1S/C16H18N2O/c1-8-6-9(2)17-14-12(8)7-13-10(3)11(4)18-15(13)16(14)19-5/h6H,7H2,1-5H3. The predicted molar refractivity (Wildman–Crippen MR) is 77.2 cm³/mol. The molecular formula is C16H18N2O. The van der Waals surface area contributed by atoms with Gasteiger partial charge in [-0.3, -0.25) is 0 Å². The fraction of sp³-hybridized carbons (Fsp3) is 0.375. The van der Waals surface area contributed by atoms with Gasteiger partial charge >= 0.3 is 0 Å². The van der Waals surface area contributed by atoms with Crippen LogP contribution in [0.25, 0.3) is 5.76 Å². The minimum atomic E-state index is 0.819. The van der Waals surface area contributed by atoms with Crippen LogP contribution < -0.4 is 0 Å². The molecule has 0 aromatic carbocycles. The molecule has 0 amide bonds. The zero-order valence-corrected chi connectivity index (χ0v) is 12.1. The van der Waals surface area contributed by atoms with E-state index >= 15 is 0 Å². The Morgan fingerprint density at radius 2 is 1.89 bits per heavy atom. The Hall–Kier alpha value is -1.90. The third kappa shape index (κ3) is 1.65. The minimum Gasteiger partial charge on any atom is -0.492 e. The highest BCUT2D eigenvalue weighted by Gasteiger charge is 2.31. The topological polar surface area (TPSA) is 34.5 Å². The monoisotopic (exact) mass is 254 g/mol. The van der Waals surface area contributed by atoms with E-state index in [1.54, 1.807) is 7.11 Å². The molecule has 1 aliphatic heterocycles. The normalized spacial score (nSPS) is 17.4. The van der Waals surface area contributed by atoms with E-state index in [1.807, 2.05) is 6.92 Å². The molecule has 1 aliphatic carbocycles. The SMILES string of the molecule is COC1=C2N=C(C)C(C)=C2Cc2c(C)cc(C)nc21. The average molecular weight is 254 g/mol. The lowest BCUT2D eigenvalue weighted by Gasteiger charge is -2.22. The average Bonchev–Trinajstić information content (AvgIpc) is 2.63. The summed E-state index contributed by atoms with van der Waals surface area (Å²) in [6.45, 7) is 8.35. The van der Waals surface area contributed by atoms with E-state index in [9.17, 15) is 0 Å². The van der Waals surface area contributed by atoms with Crippen molar-refractivity contribution in [1.29, 1.82) is 0 Å². The van der Waals surface area contributed by atoms with Gasteiger partial charge in [-0.1, -0.05) is 0 Å². The predicted octanol–water partition coefficient (Wildman–Crippen LogP) is 3.36. The van der Waals surface area contributed by atoms with E-state index in [0.29, 0.717) is 0 Å². The fourth-order valence-electron chi connectivity index (χ4n) is 2.88. The Labute approximate surface area is 113 Å². The van der Waals surface area contributed by atoms with Crippen molar-refractivity contribution in [1.82, 2.24) is 4.98 Å². The molecule has 2 aliphatic rings. The van der Waals surface area contributed by atoms with Crippen LogP contribution in [-0.4, -0.2) is 17.8 Å². The summed E-state index contributed by atoms with van der Waals surface area (Å²) >= 11 is 0. The molecule has 0 unspecified atom stereocenters. The van der Waals surface area contributed by atoms with Crippen molar-refractivity contribution in [3.05, 3.63) is 45.4 Å². The van der Waals surface area contributed by atoms with Gasteiger partial charge in [0.15, 0.2) is 5.76 Å². The van der Waals surface area contributed by atoms with Gasteiger partial charge in [0.1, 0.15) is 11.4 Å². The molecule has 1 aromatic heterocycles. The van der Waals surface area contributed by atoms with E-state index in [4.69, 9.17) is 4.74 Å². The molecule has 98 valence electrons. The molecule has 0 N–H and O–H groups in total. The van der Waals surface area contributed by atoms with Crippen LogP contribution in [0.5, 0.6) is 0 Å². The van der Waals surface area contributed by atoms with E-state index in [1.165, 1.54) is 22.3 Å². The maximum atomic E-state index is 5.61. The van der Waals surface area contributed by atoms with Gasteiger partial charge in [0.25, 0.3) is 0 Å². The molecule has 0 bridgehead atoms. The van der Waals surface area contributed by atoms with Gasteiger partial charge in [-0.15, -0.1) is 0 Å². The Morgan fingerprint density at radius 3 is 2.58 bits per heavy atom. The van der Waals surface area contributed by atoms with Crippen molar-refractivity contribution in [3.8, 4) is 0 Å². The zero-order chi connectivity index (χ0) is 13.7. The zero-order valence-electron chi connectivity index (χ0n) is 12.1. The van der Waals surface area contributed by atoms with Crippen molar-refractivity contribution in [2.45, 2.75) is 34.1 Å². The van der Waals surface area contributed by atoms with E-state index in [2.05, 4.69) is 36.8 Å². The summed E-state index contributed by atoms with van der Waals surface area (Å²) in [4.78, 5) is 9.32. The van der Waals surface area contributed by atoms with Crippen LogP contribution in [-0.2, 0) is 11.2 Å². The Kier molecular flexibility index (Phi) is 2.59. The quantitative estimate of drug-likeness (QED) is 0.770. The number of hydrogen-bond donors (Lipinski definition) is 0. The first-order valence-electron chi connectivity index (χ1n) is 6.54. The third-order valence-corrected chi connectivity index (χ3v) is 4.02. The van der Waals surface area contributed by atoms with Crippen LogP contribution in [0.15, 0.2) is 27.9 Å². The molecule has 3 nitrogen and oxygen atoms in total. The molecule has 0 radical (unpaired) electrons. The maximum Gasteiger partial charge on any atom is 0.170 e. The van der Waals surface area contributed by atoms with E-state index in [-0.39, 0.29) is 0 Å². The number of rotatable bonds is 1. The number of fused-ring (bicyclic) bond motifs is 2. The number of aryl methyl sites for hydroxylation is 2. The van der Waals surface area contributed by atoms with Gasteiger partial charge in [-0.05, 0) is 56.0 Å². The molecule has 0 saturated heterocycles. The number of nitrogens with zero attached hydrogens (tertiary/aromatic N) is 2. The number of allylic oxidation sites excluding steroid dienone is 2. The fourth-order valence-corrected chi connectivity index (χ4v) is 2.88. The smallest absolute Gasteiger partial charge is 0.170 e. The molecule has 0 saturated carbocycles. The number of pyridine rings is 1. The van der Waals surface area contributed by atoms with Gasteiger partial charge in [-0.2, -0.15) is 0 Å². The summed E-state index contributed by atoms with van der Waals surface area (Å²) in [5.74, 6) is 0.819. The summed E-state index contributed by atoms with van der Waals surface area (Å²) < 4.78 is 5.61. The van der Waals surface area contributed by atoms with Gasteiger partial charge in [-0.25, -0.2) is 9.98 Å². The summed E-state index contributed by atoms with van der Waals surface area (Å²) in [6, 6.07) is 2.13. The second kappa shape index (κ2) is 4.05. The highest BCUT2D eigenvalue weighted by Crippen LogP contribution is 2.40. The number of aromatic nitrogens is 1. The third-order valence-electron chi connectivity index (χ3n) is 4.02. The van der Waals surface area contributed by atoms with Gasteiger partial charge in [0.05, 0.1) is 7.11 Å². The molecule has 3 rings (SSSR count). The van der Waals surface area contributed by atoms with Crippen LogP contribution in [0.2, 0.25) is 0 Å². The Balaban J connectivity index is 2.33. The minimum absolute atomic E-state index is 0.819. The summed E-state index contributed by atoms with van der Waals surface area (Å²) in [5.41, 5.74) is 9.15. The summed E-state index contributed by atoms with van der Waals surface area (Å²) in [6.07, 6.45) is 0.906. The molecule has 3 heteroatoms. The second-order valence-corrected chi connectivity index (χ2v) is 5.27. The van der Waals surface area contributed by atoms with E-state index < -0.39 is 0 Å². The Bertz CT molecular complexity index is 678. The highest BCUT2D eigenvalue weighted by atomic mass is 16.5. The first-order valence-corrected chi connectivity index (χ1v) is 6.54. The second-order valence-electron chi connectivity index (χ2n) is 5.27. The van der Waals surface area contributed by atoms with Gasteiger partial charge < -0.3 is 4.74 Å². The van der Waals surface area contributed by atoms with Crippen molar-refractivity contribution in [2.75, 3.05) is 7.11 Å². The van der Waals surface area contributed by atoms with Crippen molar-refractivity contribution in [3.63, 3.8) is 0 Å². The van der Waals surface area contributed by atoms with Crippen LogP contribution in [0.1, 0.15) is 36.4 Å². The maximum absolute atomic E-state index is 5.61. The first-order chi connectivity index (χ1) is 9.02. The molecule has 0 spiro atoms. The molecule has 1 aromatic rings. The first kappa shape index (κ1) is 12.2. The lowest BCUT2D eigenvalue weighted by molar-refractivity contribution is 0.363.